The van der Waals surface area contributed by atoms with E-state index < -0.39 is 24.3 Å². The molecule has 0 spiro atoms. The number of nitrogens with one attached hydrogen (secondary N) is 1. The fourth-order valence-corrected chi connectivity index (χ4v) is 5.31. The summed E-state index contributed by atoms with van der Waals surface area (Å²) in [6.07, 6.45) is -1.15. The Morgan fingerprint density at radius 2 is 1.74 bits per heavy atom. The van der Waals surface area contributed by atoms with E-state index in [2.05, 4.69) is 29.0 Å². The number of benzene rings is 1. The van der Waals surface area contributed by atoms with E-state index >= 15 is 0 Å². The largest absolute Gasteiger partial charge is 0.388 e. The molecule has 3 saturated heterocycles. The highest BCUT2D eigenvalue weighted by Crippen LogP contribution is 2.29. The highest BCUT2D eigenvalue weighted by atomic mass is 16.5. The standard InChI is InChI=1S/C26H38N4O5/c1-16(2)13-20(26(34)30-14-21(31)24-23(30)22(32)15-35-24)27-25(33)18-5-7-19(8-6-18)29-11-9-28(10-12-29)17(3)4/h5-8,16-17,20-21,23-24,31H,9-15H2,1-4H3,(H,27,33)/t20-,21-,23+,24+/m0/s1. The number of amides is 2. The summed E-state index contributed by atoms with van der Waals surface area (Å²) >= 11 is 0. The monoisotopic (exact) mass is 486 g/mol. The smallest absolute Gasteiger partial charge is 0.251 e. The molecule has 4 rings (SSSR count). The molecule has 3 aliphatic heterocycles. The molecule has 0 bridgehead atoms. The Bertz CT molecular complexity index is 926. The van der Waals surface area contributed by atoms with Crippen LogP contribution in [0.25, 0.3) is 0 Å². The van der Waals surface area contributed by atoms with E-state index in [9.17, 15) is 19.5 Å². The van der Waals surface area contributed by atoms with E-state index in [1.54, 1.807) is 12.1 Å². The lowest BCUT2D eigenvalue weighted by atomic mass is 10.0. The minimum atomic E-state index is -0.902. The lowest BCUT2D eigenvalue weighted by molar-refractivity contribution is -0.138. The van der Waals surface area contributed by atoms with Gasteiger partial charge in [-0.2, -0.15) is 0 Å². The average molecular weight is 487 g/mol. The van der Waals surface area contributed by atoms with Crippen molar-refractivity contribution in [2.75, 3.05) is 44.2 Å². The van der Waals surface area contributed by atoms with Gasteiger partial charge < -0.3 is 25.0 Å². The Balaban J connectivity index is 1.41. The maximum absolute atomic E-state index is 13.4. The van der Waals surface area contributed by atoms with Crippen molar-refractivity contribution in [3.05, 3.63) is 29.8 Å². The number of ketones is 1. The van der Waals surface area contributed by atoms with Crippen molar-refractivity contribution in [1.29, 1.82) is 0 Å². The normalized spacial score (nSPS) is 25.9. The van der Waals surface area contributed by atoms with Crippen LogP contribution in [0.2, 0.25) is 0 Å². The number of Topliss-reactive ketones (excluding diaryl/α,β-unsaturated/α-hetero) is 1. The van der Waals surface area contributed by atoms with Crippen LogP contribution in [-0.2, 0) is 14.3 Å². The van der Waals surface area contributed by atoms with Crippen LogP contribution in [0.5, 0.6) is 0 Å². The molecule has 192 valence electrons. The third kappa shape index (κ3) is 5.52. The van der Waals surface area contributed by atoms with Crippen molar-refractivity contribution in [2.45, 2.75) is 64.4 Å². The van der Waals surface area contributed by atoms with Gasteiger partial charge in [-0.3, -0.25) is 19.3 Å². The van der Waals surface area contributed by atoms with Gasteiger partial charge in [-0.15, -0.1) is 0 Å². The molecule has 0 unspecified atom stereocenters. The van der Waals surface area contributed by atoms with Gasteiger partial charge in [0.1, 0.15) is 30.9 Å². The van der Waals surface area contributed by atoms with Crippen molar-refractivity contribution < 1.29 is 24.2 Å². The van der Waals surface area contributed by atoms with Crippen LogP contribution in [0.3, 0.4) is 0 Å². The molecule has 9 nitrogen and oxygen atoms in total. The van der Waals surface area contributed by atoms with Crippen LogP contribution in [0.1, 0.15) is 44.5 Å². The molecule has 0 saturated carbocycles. The zero-order valence-corrected chi connectivity index (χ0v) is 21.1. The maximum Gasteiger partial charge on any atom is 0.251 e. The first-order chi connectivity index (χ1) is 16.7. The lowest BCUT2D eigenvalue weighted by Gasteiger charge is -2.38. The van der Waals surface area contributed by atoms with E-state index in [-0.39, 0.29) is 36.7 Å². The number of aliphatic hydroxyl groups excluding tert-OH is 1. The summed E-state index contributed by atoms with van der Waals surface area (Å²) in [6, 6.07) is 6.47. The number of piperazine rings is 1. The topological polar surface area (TPSA) is 102 Å². The number of carbonyl (C=O) groups is 3. The number of carbonyl (C=O) groups excluding carboxylic acids is 3. The van der Waals surface area contributed by atoms with Crippen LogP contribution < -0.4 is 10.2 Å². The number of nitrogens with zero attached hydrogens (tertiary/aromatic N) is 3. The number of fused-ring (bicyclic) bond motifs is 1. The summed E-state index contributed by atoms with van der Waals surface area (Å²) in [4.78, 5) is 44.9. The molecule has 35 heavy (non-hydrogen) atoms. The first-order valence-corrected chi connectivity index (χ1v) is 12.7. The minimum Gasteiger partial charge on any atom is -0.388 e. The van der Waals surface area contributed by atoms with Crippen LogP contribution in [-0.4, -0.2) is 102 Å². The highest BCUT2D eigenvalue weighted by molar-refractivity contribution is 5.99. The third-order valence-corrected chi connectivity index (χ3v) is 7.29. The van der Waals surface area contributed by atoms with E-state index in [0.717, 1.165) is 31.9 Å². The lowest BCUT2D eigenvalue weighted by Crippen LogP contribution is -2.52. The summed E-state index contributed by atoms with van der Waals surface area (Å²) in [7, 11) is 0. The van der Waals surface area contributed by atoms with E-state index in [1.165, 1.54) is 4.90 Å². The molecule has 3 heterocycles. The molecular weight excluding hydrogens is 448 g/mol. The Morgan fingerprint density at radius 3 is 2.34 bits per heavy atom. The van der Waals surface area contributed by atoms with Crippen molar-refractivity contribution in [1.82, 2.24) is 15.1 Å². The molecule has 0 aromatic heterocycles. The molecular formula is C26H38N4O5. The Labute approximate surface area is 207 Å². The number of ether oxygens (including phenoxy) is 1. The number of aliphatic hydroxyl groups is 1. The summed E-state index contributed by atoms with van der Waals surface area (Å²) in [5.74, 6) is -0.739. The van der Waals surface area contributed by atoms with E-state index in [0.29, 0.717) is 18.0 Å². The van der Waals surface area contributed by atoms with Gasteiger partial charge in [-0.05, 0) is 50.5 Å². The Hall–Kier alpha value is -2.49. The highest BCUT2D eigenvalue weighted by Gasteiger charge is 2.52. The fraction of sp³-hybridized carbons (Fsp3) is 0.654. The zero-order chi connectivity index (χ0) is 25.3. The quantitative estimate of drug-likeness (QED) is 0.590. The summed E-state index contributed by atoms with van der Waals surface area (Å²) in [6.45, 7) is 12.2. The first-order valence-electron chi connectivity index (χ1n) is 12.7. The molecule has 3 fully saturated rings. The number of anilines is 1. The fourth-order valence-electron chi connectivity index (χ4n) is 5.31. The number of β-amino-alcohol motifs (C(OH)–C–C–N with tert-alkyl or cyclic N) is 1. The first kappa shape index (κ1) is 25.6. The van der Waals surface area contributed by atoms with Crippen molar-refractivity contribution >= 4 is 23.3 Å². The molecule has 2 N–H and O–H groups in total. The molecule has 2 amide bonds. The Morgan fingerprint density at radius 1 is 1.09 bits per heavy atom. The zero-order valence-electron chi connectivity index (χ0n) is 21.1. The summed E-state index contributed by atoms with van der Waals surface area (Å²) < 4.78 is 5.38. The summed E-state index contributed by atoms with van der Waals surface area (Å²) in [5, 5.41) is 13.2. The van der Waals surface area contributed by atoms with Crippen LogP contribution in [0.4, 0.5) is 5.69 Å². The van der Waals surface area contributed by atoms with Gasteiger partial charge in [0.05, 0.1) is 6.54 Å². The predicted molar refractivity (Wildman–Crippen MR) is 132 cm³/mol. The number of rotatable bonds is 7. The predicted octanol–water partition coefficient (Wildman–Crippen LogP) is 0.901. The van der Waals surface area contributed by atoms with Gasteiger partial charge in [0, 0.05) is 43.5 Å². The molecule has 0 aliphatic carbocycles. The van der Waals surface area contributed by atoms with Crippen molar-refractivity contribution in [3.63, 3.8) is 0 Å². The molecule has 1 aromatic rings. The average Bonchev–Trinajstić information content (AvgIpc) is 3.38. The van der Waals surface area contributed by atoms with Crippen LogP contribution in [0.15, 0.2) is 24.3 Å². The van der Waals surface area contributed by atoms with Gasteiger partial charge in [0.15, 0.2) is 5.78 Å². The minimum absolute atomic E-state index is 0.0309. The van der Waals surface area contributed by atoms with E-state index in [4.69, 9.17) is 4.74 Å². The summed E-state index contributed by atoms with van der Waals surface area (Å²) in [5.41, 5.74) is 1.56. The maximum atomic E-state index is 13.4. The van der Waals surface area contributed by atoms with Crippen molar-refractivity contribution in [2.24, 2.45) is 5.92 Å². The number of hydrogen-bond donors (Lipinski definition) is 2. The third-order valence-electron chi connectivity index (χ3n) is 7.29. The van der Waals surface area contributed by atoms with Crippen molar-refractivity contribution in [3.8, 4) is 0 Å². The molecule has 0 radical (unpaired) electrons. The van der Waals surface area contributed by atoms with E-state index in [1.807, 2.05) is 26.0 Å². The van der Waals surface area contributed by atoms with Gasteiger partial charge in [-0.1, -0.05) is 13.8 Å². The second-order valence-corrected chi connectivity index (χ2v) is 10.6. The molecule has 3 aliphatic rings. The SMILES string of the molecule is CC(C)C[C@H](NC(=O)c1ccc(N2CCN(C(C)C)CC2)cc1)C(=O)N1C[C@H](O)[C@H]2OCC(=O)[C@H]21. The molecule has 9 heteroatoms. The molecule has 1 aromatic carbocycles. The van der Waals surface area contributed by atoms with Gasteiger partial charge in [-0.25, -0.2) is 0 Å². The van der Waals surface area contributed by atoms with Crippen LogP contribution >= 0.6 is 0 Å². The second kappa shape index (κ2) is 10.6. The van der Waals surface area contributed by atoms with Crippen LogP contribution in [0, 0.1) is 5.92 Å². The van der Waals surface area contributed by atoms with Gasteiger partial charge in [0.2, 0.25) is 5.91 Å². The Kier molecular flexibility index (Phi) is 7.78. The number of likely N-dealkylation sites (tertiary alicyclic amines) is 1. The van der Waals surface area contributed by atoms with Gasteiger partial charge in [0.25, 0.3) is 5.91 Å². The van der Waals surface area contributed by atoms with Gasteiger partial charge >= 0.3 is 0 Å². The second-order valence-electron chi connectivity index (χ2n) is 10.6. The molecule has 4 atom stereocenters. The number of hydrogen-bond acceptors (Lipinski definition) is 7.